The first-order valence-corrected chi connectivity index (χ1v) is 12.5. The molecule has 0 amide bonds. The van der Waals surface area contributed by atoms with Gasteiger partial charge in [0.2, 0.25) is 0 Å². The minimum Gasteiger partial charge on any atom is -0.508 e. The van der Waals surface area contributed by atoms with E-state index in [0.29, 0.717) is 33.3 Å². The van der Waals surface area contributed by atoms with Crippen LogP contribution in [-0.2, 0) is 0 Å². The van der Waals surface area contributed by atoms with E-state index < -0.39 is 5.82 Å². The number of hydrogen-bond donors (Lipinski definition) is 2. The van der Waals surface area contributed by atoms with Gasteiger partial charge in [-0.1, -0.05) is 36.4 Å². The van der Waals surface area contributed by atoms with Crippen molar-refractivity contribution in [2.24, 2.45) is 0 Å². The van der Waals surface area contributed by atoms with Gasteiger partial charge in [0.05, 0.1) is 11.7 Å². The zero-order chi connectivity index (χ0) is 24.8. The Morgan fingerprint density at radius 2 is 1.08 bits per heavy atom. The number of phenolic OH excluding ortho intramolecular Hbond substituents is 2. The van der Waals surface area contributed by atoms with Crippen molar-refractivity contribution in [3.8, 4) is 54.6 Å². The quantitative estimate of drug-likeness (QED) is 0.249. The van der Waals surface area contributed by atoms with Crippen LogP contribution >= 0.6 is 23.1 Å². The molecule has 0 saturated carbocycles. The predicted molar refractivity (Wildman–Crippen MR) is 140 cm³/mol. The summed E-state index contributed by atoms with van der Waals surface area (Å²) in [5, 5.41) is 19.0. The molecule has 2 heterocycles. The zero-order valence-electron chi connectivity index (χ0n) is 18.4. The third kappa shape index (κ3) is 3.90. The molecule has 0 spiro atoms. The second-order valence-corrected chi connectivity index (χ2v) is 9.80. The number of thiophene rings is 1. The van der Waals surface area contributed by atoms with Crippen LogP contribution in [0.25, 0.3) is 54.2 Å². The maximum absolute atomic E-state index is 15.3. The lowest BCUT2D eigenvalue weighted by Gasteiger charge is -2.09. The highest BCUT2D eigenvalue weighted by Gasteiger charge is 2.18. The number of rotatable bonds is 4. The van der Waals surface area contributed by atoms with E-state index >= 15 is 4.39 Å². The first kappa shape index (κ1) is 22.3. The van der Waals surface area contributed by atoms with Gasteiger partial charge in [0, 0.05) is 38.1 Å². The zero-order valence-corrected chi connectivity index (χ0v) is 20.1. The molecule has 4 nitrogen and oxygen atoms in total. The Morgan fingerprint density at radius 3 is 1.81 bits per heavy atom. The molecule has 8 heteroatoms. The van der Waals surface area contributed by atoms with E-state index in [1.165, 1.54) is 23.5 Å². The van der Waals surface area contributed by atoms with Gasteiger partial charge in [-0.15, -0.1) is 11.3 Å². The largest absolute Gasteiger partial charge is 0.508 e. The summed E-state index contributed by atoms with van der Waals surface area (Å²) in [7, 11) is 0. The highest BCUT2D eigenvalue weighted by atomic mass is 32.1. The molecule has 0 fully saturated rings. The average molecular weight is 515 g/mol. The SMILES string of the molecule is Oc1ccc(-c2ccc(-c3ccc(-c4ccc(-c5ccc(O)cc5F)s4)c4nsnc34)c(F)c2)cc1. The van der Waals surface area contributed by atoms with Crippen LogP contribution in [0.3, 0.4) is 0 Å². The molecule has 36 heavy (non-hydrogen) atoms. The normalized spacial score (nSPS) is 11.3. The van der Waals surface area contributed by atoms with Gasteiger partial charge in [-0.2, -0.15) is 8.75 Å². The molecular weight excluding hydrogens is 498 g/mol. The third-order valence-corrected chi connectivity index (χ3v) is 7.65. The monoisotopic (exact) mass is 514 g/mol. The van der Waals surface area contributed by atoms with Crippen LogP contribution in [0, 0.1) is 11.6 Å². The Hall–Kier alpha value is -4.14. The lowest BCUT2D eigenvalue weighted by atomic mass is 9.97. The molecule has 0 radical (unpaired) electrons. The topological polar surface area (TPSA) is 66.2 Å². The van der Waals surface area contributed by atoms with Crippen LogP contribution in [0.4, 0.5) is 8.78 Å². The van der Waals surface area contributed by atoms with Crippen LogP contribution in [-0.4, -0.2) is 19.0 Å². The molecule has 0 aliphatic rings. The standard InChI is InChI=1S/C28H16F2N2O2S2/c29-23-13-16(15-1-4-17(33)5-2-15)3-7-19(23)20-9-10-22(28-27(20)31-36-32-28)26-12-11-25(35-26)21-8-6-18(34)14-24(21)30/h1-14,33-34H. The Morgan fingerprint density at radius 1 is 0.528 bits per heavy atom. The minimum atomic E-state index is -0.495. The summed E-state index contributed by atoms with van der Waals surface area (Å²) in [5.74, 6) is -0.850. The number of aromatic nitrogens is 2. The number of nitrogens with zero attached hydrogens (tertiary/aromatic N) is 2. The lowest BCUT2D eigenvalue weighted by molar-refractivity contribution is 0.469. The Bertz CT molecular complexity index is 1740. The van der Waals surface area contributed by atoms with Crippen molar-refractivity contribution in [3.05, 3.63) is 96.6 Å². The fourth-order valence-corrected chi connectivity index (χ4v) is 5.81. The van der Waals surface area contributed by atoms with Crippen molar-refractivity contribution in [1.82, 2.24) is 8.75 Å². The minimum absolute atomic E-state index is 0.123. The fraction of sp³-hybridized carbons (Fsp3) is 0. The van der Waals surface area contributed by atoms with Gasteiger partial charge in [-0.05, 0) is 53.6 Å². The molecule has 0 aliphatic heterocycles. The first-order chi connectivity index (χ1) is 17.5. The van der Waals surface area contributed by atoms with E-state index in [4.69, 9.17) is 0 Å². The van der Waals surface area contributed by atoms with E-state index in [0.717, 1.165) is 38.7 Å². The average Bonchev–Trinajstić information content (AvgIpc) is 3.55. The van der Waals surface area contributed by atoms with Crippen LogP contribution in [0.5, 0.6) is 11.5 Å². The van der Waals surface area contributed by atoms with Crippen LogP contribution in [0.1, 0.15) is 0 Å². The molecule has 4 aromatic carbocycles. The number of fused-ring (bicyclic) bond motifs is 1. The van der Waals surface area contributed by atoms with Gasteiger partial charge >= 0.3 is 0 Å². The molecule has 2 N–H and O–H groups in total. The molecule has 0 bridgehead atoms. The van der Waals surface area contributed by atoms with Crippen molar-refractivity contribution >= 4 is 34.1 Å². The summed E-state index contributed by atoms with van der Waals surface area (Å²) >= 11 is 2.46. The van der Waals surface area contributed by atoms with Gasteiger partial charge in [0.1, 0.15) is 34.2 Å². The van der Waals surface area contributed by atoms with Crippen molar-refractivity contribution < 1.29 is 19.0 Å². The predicted octanol–water partition coefficient (Wildman–Crippen LogP) is 8.11. The molecule has 0 aliphatic carbocycles. The second kappa shape index (κ2) is 8.82. The Kier molecular flexibility index (Phi) is 5.47. The molecule has 6 aromatic rings. The van der Waals surface area contributed by atoms with Gasteiger partial charge < -0.3 is 10.2 Å². The number of hydrogen-bond acceptors (Lipinski definition) is 6. The van der Waals surface area contributed by atoms with Crippen LogP contribution < -0.4 is 0 Å². The van der Waals surface area contributed by atoms with Crippen LogP contribution in [0.15, 0.2) is 84.9 Å². The molecule has 0 unspecified atom stereocenters. The fourth-order valence-electron chi connectivity index (χ4n) is 4.18. The summed E-state index contributed by atoms with van der Waals surface area (Å²) in [5.41, 5.74) is 5.04. The molecular formula is C28H16F2N2O2S2. The summed E-state index contributed by atoms with van der Waals surface area (Å²) in [6, 6.07) is 23.2. The van der Waals surface area contributed by atoms with Gasteiger partial charge in [0.25, 0.3) is 0 Å². The number of phenols is 2. The maximum atomic E-state index is 15.3. The molecule has 2 aromatic heterocycles. The highest BCUT2D eigenvalue weighted by molar-refractivity contribution is 7.19. The van der Waals surface area contributed by atoms with Crippen molar-refractivity contribution in [2.45, 2.75) is 0 Å². The van der Waals surface area contributed by atoms with E-state index in [9.17, 15) is 14.6 Å². The lowest BCUT2D eigenvalue weighted by Crippen LogP contribution is -1.89. The van der Waals surface area contributed by atoms with Crippen LogP contribution in [0.2, 0.25) is 0 Å². The summed E-state index contributed by atoms with van der Waals surface area (Å²) < 4.78 is 38.6. The number of aromatic hydroxyl groups is 2. The molecule has 0 saturated heterocycles. The third-order valence-electron chi connectivity index (χ3n) is 5.96. The van der Waals surface area contributed by atoms with Crippen molar-refractivity contribution in [3.63, 3.8) is 0 Å². The summed E-state index contributed by atoms with van der Waals surface area (Å²) in [4.78, 5) is 1.60. The van der Waals surface area contributed by atoms with E-state index in [1.54, 1.807) is 36.4 Å². The van der Waals surface area contributed by atoms with Crippen molar-refractivity contribution in [2.75, 3.05) is 0 Å². The Balaban J connectivity index is 1.39. The molecule has 6 rings (SSSR count). The van der Waals surface area contributed by atoms with Crippen molar-refractivity contribution in [1.29, 1.82) is 0 Å². The summed E-state index contributed by atoms with van der Waals surface area (Å²) in [6.07, 6.45) is 0. The highest BCUT2D eigenvalue weighted by Crippen LogP contribution is 2.41. The maximum Gasteiger partial charge on any atom is 0.135 e. The van der Waals surface area contributed by atoms with E-state index in [-0.39, 0.29) is 17.3 Å². The van der Waals surface area contributed by atoms with Gasteiger partial charge in [-0.3, -0.25) is 0 Å². The first-order valence-electron chi connectivity index (χ1n) is 10.9. The number of halogens is 2. The Labute approximate surface area is 212 Å². The van der Waals surface area contributed by atoms with E-state index in [2.05, 4.69) is 8.75 Å². The summed E-state index contributed by atoms with van der Waals surface area (Å²) in [6.45, 7) is 0. The van der Waals surface area contributed by atoms with Gasteiger partial charge in [-0.25, -0.2) is 8.78 Å². The second-order valence-electron chi connectivity index (χ2n) is 8.19. The van der Waals surface area contributed by atoms with E-state index in [1.807, 2.05) is 30.3 Å². The molecule has 176 valence electrons. The number of benzene rings is 4. The molecule has 0 atom stereocenters. The smallest absolute Gasteiger partial charge is 0.135 e. The van der Waals surface area contributed by atoms with Gasteiger partial charge in [0.15, 0.2) is 0 Å².